The zero-order valence-electron chi connectivity index (χ0n) is 8.77. The number of carbonyl (C=O) groups is 1. The summed E-state index contributed by atoms with van der Waals surface area (Å²) in [5, 5.41) is 0. The Labute approximate surface area is 108 Å². The van der Waals surface area contributed by atoms with Gasteiger partial charge < -0.3 is 0 Å². The van der Waals surface area contributed by atoms with Crippen LogP contribution in [-0.2, 0) is 0 Å². The number of amides is 2. The Hall–Kier alpha value is -0.850. The lowest BCUT2D eigenvalue weighted by Gasteiger charge is -2.18. The quantitative estimate of drug-likeness (QED) is 0.618. The van der Waals surface area contributed by atoms with Crippen molar-refractivity contribution in [1.29, 1.82) is 0 Å². The highest BCUT2D eigenvalue weighted by Gasteiger charge is 2.33. The number of carbonyl (C=O) groups excluding carboxylic acids is 1. The van der Waals surface area contributed by atoms with Crippen LogP contribution in [0.2, 0.25) is 0 Å². The zero-order valence-corrected chi connectivity index (χ0v) is 10.9. The fraction of sp³-hybridized carbons (Fsp3) is 0.455. The van der Waals surface area contributed by atoms with Crippen molar-refractivity contribution in [2.75, 3.05) is 18.0 Å². The summed E-state index contributed by atoms with van der Waals surface area (Å²) in [4.78, 5) is 17.9. The lowest BCUT2D eigenvalue weighted by Crippen LogP contribution is -2.27. The van der Waals surface area contributed by atoms with Crippen molar-refractivity contribution in [3.63, 3.8) is 0 Å². The molecule has 0 atom stereocenters. The lowest BCUT2D eigenvalue weighted by atomic mass is 10.1. The summed E-state index contributed by atoms with van der Waals surface area (Å²) in [6.45, 7) is 1.56. The van der Waals surface area contributed by atoms with E-state index in [-0.39, 0.29) is 6.03 Å². The van der Waals surface area contributed by atoms with Crippen LogP contribution in [0.1, 0.15) is 24.3 Å². The minimum atomic E-state index is 0.0792. The van der Waals surface area contributed by atoms with Gasteiger partial charge in [0.15, 0.2) is 0 Å². The number of hydrogen-bond acceptors (Lipinski definition) is 2. The van der Waals surface area contributed by atoms with Crippen LogP contribution in [0.15, 0.2) is 18.5 Å². The Morgan fingerprint density at radius 1 is 1.38 bits per heavy atom. The van der Waals surface area contributed by atoms with Gasteiger partial charge in [0.2, 0.25) is 0 Å². The molecule has 0 unspecified atom stereocenters. The van der Waals surface area contributed by atoms with E-state index in [1.165, 1.54) is 18.4 Å². The third kappa shape index (κ3) is 1.66. The van der Waals surface area contributed by atoms with Crippen molar-refractivity contribution in [3.05, 3.63) is 24.0 Å². The van der Waals surface area contributed by atoms with Gasteiger partial charge in [-0.2, -0.15) is 0 Å². The standard InChI is InChI=1S/C11H12IN3O/c12-15-6-5-14(11(15)16)10-7-13-4-3-9(10)8-1-2-8/h3-4,7-8H,1-2,5-6H2. The van der Waals surface area contributed by atoms with Gasteiger partial charge in [-0.1, -0.05) is 0 Å². The molecule has 2 aliphatic rings. The third-order valence-electron chi connectivity index (χ3n) is 3.10. The molecular weight excluding hydrogens is 317 g/mol. The predicted molar refractivity (Wildman–Crippen MR) is 69.7 cm³/mol. The first-order valence-electron chi connectivity index (χ1n) is 5.46. The molecule has 1 aromatic heterocycles. The van der Waals surface area contributed by atoms with Gasteiger partial charge in [-0.15, -0.1) is 0 Å². The smallest absolute Gasteiger partial charge is 0.290 e. The zero-order chi connectivity index (χ0) is 11.1. The maximum atomic E-state index is 11.9. The number of aromatic nitrogens is 1. The predicted octanol–water partition coefficient (Wildman–Crippen LogP) is 2.55. The van der Waals surface area contributed by atoms with Gasteiger partial charge >= 0.3 is 6.03 Å². The van der Waals surface area contributed by atoms with E-state index in [4.69, 9.17) is 0 Å². The number of hydrogen-bond donors (Lipinski definition) is 0. The molecule has 2 fully saturated rings. The van der Waals surface area contributed by atoms with Gasteiger partial charge in [-0.3, -0.25) is 13.0 Å². The van der Waals surface area contributed by atoms with Crippen LogP contribution in [0.4, 0.5) is 10.5 Å². The maximum Gasteiger partial charge on any atom is 0.333 e. The Morgan fingerprint density at radius 3 is 2.81 bits per heavy atom. The van der Waals surface area contributed by atoms with Crippen molar-refractivity contribution >= 4 is 34.6 Å². The van der Waals surface area contributed by atoms with Crippen LogP contribution in [0.3, 0.4) is 0 Å². The molecule has 0 spiro atoms. The molecule has 1 aromatic rings. The maximum absolute atomic E-state index is 11.9. The van der Waals surface area contributed by atoms with E-state index in [1.54, 1.807) is 3.11 Å². The molecule has 16 heavy (non-hydrogen) atoms. The highest BCUT2D eigenvalue weighted by molar-refractivity contribution is 14.1. The fourth-order valence-electron chi connectivity index (χ4n) is 2.10. The van der Waals surface area contributed by atoms with Crippen LogP contribution in [-0.4, -0.2) is 27.2 Å². The van der Waals surface area contributed by atoms with Crippen molar-refractivity contribution in [2.45, 2.75) is 18.8 Å². The molecule has 0 N–H and O–H groups in total. The number of nitrogens with zero attached hydrogens (tertiary/aromatic N) is 3. The first-order chi connectivity index (χ1) is 7.77. The van der Waals surface area contributed by atoms with Crippen LogP contribution in [0, 0.1) is 0 Å². The SMILES string of the molecule is O=C1N(I)CCN1c1cnccc1C1CC1. The highest BCUT2D eigenvalue weighted by Crippen LogP contribution is 2.44. The number of pyridine rings is 1. The summed E-state index contributed by atoms with van der Waals surface area (Å²) in [7, 11) is 0. The summed E-state index contributed by atoms with van der Waals surface area (Å²) >= 11 is 2.07. The largest absolute Gasteiger partial charge is 0.333 e. The number of anilines is 1. The Kier molecular flexibility index (Phi) is 2.49. The molecule has 0 radical (unpaired) electrons. The first-order valence-corrected chi connectivity index (χ1v) is 6.42. The summed E-state index contributed by atoms with van der Waals surface area (Å²) in [6, 6.07) is 2.13. The summed E-state index contributed by atoms with van der Waals surface area (Å²) in [5.41, 5.74) is 2.30. The van der Waals surface area contributed by atoms with Gasteiger partial charge in [-0.25, -0.2) is 4.79 Å². The van der Waals surface area contributed by atoms with Gasteiger partial charge in [0.05, 0.1) is 41.3 Å². The molecule has 1 aliphatic heterocycles. The summed E-state index contributed by atoms with van der Waals surface area (Å²) < 4.78 is 1.72. The van der Waals surface area contributed by atoms with Crippen molar-refractivity contribution in [1.82, 2.24) is 8.10 Å². The topological polar surface area (TPSA) is 36.4 Å². The molecule has 0 bridgehead atoms. The molecule has 5 heteroatoms. The average Bonchev–Trinajstić information content (AvgIpc) is 3.09. The minimum absolute atomic E-state index is 0.0792. The van der Waals surface area contributed by atoms with E-state index in [0.29, 0.717) is 5.92 Å². The van der Waals surface area contributed by atoms with Crippen molar-refractivity contribution < 1.29 is 4.79 Å². The van der Waals surface area contributed by atoms with E-state index in [9.17, 15) is 4.79 Å². The molecule has 0 aromatic carbocycles. The molecular formula is C11H12IN3O. The fourth-order valence-corrected chi connectivity index (χ4v) is 2.57. The second-order valence-electron chi connectivity index (χ2n) is 4.23. The minimum Gasteiger partial charge on any atom is -0.290 e. The molecule has 2 amide bonds. The molecule has 4 nitrogen and oxygen atoms in total. The number of halogens is 1. The molecule has 1 aliphatic carbocycles. The molecule has 3 rings (SSSR count). The van der Waals surface area contributed by atoms with Crippen molar-refractivity contribution in [3.8, 4) is 0 Å². The Bertz CT molecular complexity index is 433. The van der Waals surface area contributed by atoms with Crippen LogP contribution >= 0.6 is 22.9 Å². The monoisotopic (exact) mass is 329 g/mol. The number of urea groups is 1. The van der Waals surface area contributed by atoms with Crippen LogP contribution in [0.25, 0.3) is 0 Å². The summed E-state index contributed by atoms with van der Waals surface area (Å²) in [5.74, 6) is 0.647. The highest BCUT2D eigenvalue weighted by atomic mass is 127. The van der Waals surface area contributed by atoms with Gasteiger partial charge in [-0.05, 0) is 30.4 Å². The van der Waals surface area contributed by atoms with E-state index in [0.717, 1.165) is 18.8 Å². The Morgan fingerprint density at radius 2 is 2.19 bits per heavy atom. The van der Waals surface area contributed by atoms with Crippen molar-refractivity contribution in [2.24, 2.45) is 0 Å². The van der Waals surface area contributed by atoms with Crippen LogP contribution in [0.5, 0.6) is 0 Å². The molecule has 2 heterocycles. The first kappa shape index (κ1) is 10.3. The summed E-state index contributed by atoms with van der Waals surface area (Å²) in [6.07, 6.45) is 6.13. The lowest BCUT2D eigenvalue weighted by molar-refractivity contribution is 0.244. The van der Waals surface area contributed by atoms with Gasteiger partial charge in [0, 0.05) is 12.7 Å². The molecule has 84 valence electrons. The van der Waals surface area contributed by atoms with E-state index in [2.05, 4.69) is 33.9 Å². The van der Waals surface area contributed by atoms with Gasteiger partial charge in [0.1, 0.15) is 0 Å². The normalized spacial score (nSPS) is 20.7. The van der Waals surface area contributed by atoms with E-state index >= 15 is 0 Å². The average molecular weight is 329 g/mol. The van der Waals surface area contributed by atoms with E-state index in [1.807, 2.05) is 17.3 Å². The third-order valence-corrected chi connectivity index (χ3v) is 3.99. The van der Waals surface area contributed by atoms with Crippen LogP contribution < -0.4 is 4.90 Å². The Balaban J connectivity index is 1.96. The van der Waals surface area contributed by atoms with Gasteiger partial charge in [0.25, 0.3) is 0 Å². The number of rotatable bonds is 2. The molecule has 1 saturated carbocycles. The second-order valence-corrected chi connectivity index (χ2v) is 5.39. The second kappa shape index (κ2) is 3.87. The van der Waals surface area contributed by atoms with E-state index < -0.39 is 0 Å². The molecule has 1 saturated heterocycles.